The maximum absolute atomic E-state index is 12.5. The van der Waals surface area contributed by atoms with Crippen LogP contribution in [-0.4, -0.2) is 65.4 Å². The molecule has 0 saturated carbocycles. The van der Waals surface area contributed by atoms with Crippen molar-refractivity contribution in [3.63, 3.8) is 0 Å². The summed E-state index contributed by atoms with van der Waals surface area (Å²) in [5, 5.41) is 10.7. The molecule has 29 heavy (non-hydrogen) atoms. The summed E-state index contributed by atoms with van der Waals surface area (Å²) in [5.74, 6) is -0.613. The zero-order valence-corrected chi connectivity index (χ0v) is 16.4. The first-order chi connectivity index (χ1) is 13.9. The molecule has 1 aliphatic heterocycles. The van der Waals surface area contributed by atoms with Gasteiger partial charge >= 0.3 is 5.97 Å². The van der Waals surface area contributed by atoms with Gasteiger partial charge in [0.25, 0.3) is 11.6 Å². The van der Waals surface area contributed by atoms with Gasteiger partial charge in [0, 0.05) is 43.9 Å². The molecule has 154 valence electrons. The third-order valence-corrected chi connectivity index (χ3v) is 4.93. The number of nitro benzene ring substituents is 1. The summed E-state index contributed by atoms with van der Waals surface area (Å²) >= 11 is 0. The van der Waals surface area contributed by atoms with Gasteiger partial charge in [0.1, 0.15) is 5.76 Å². The van der Waals surface area contributed by atoms with Gasteiger partial charge in [-0.15, -0.1) is 0 Å². The lowest BCUT2D eigenvalue weighted by Crippen LogP contribution is -2.51. The lowest BCUT2D eigenvalue weighted by molar-refractivity contribution is -0.384. The van der Waals surface area contributed by atoms with Crippen molar-refractivity contribution in [2.45, 2.75) is 20.0 Å². The van der Waals surface area contributed by atoms with Gasteiger partial charge in [-0.25, -0.2) is 4.79 Å². The normalized spacial score (nSPS) is 15.7. The smallest absolute Gasteiger partial charge is 0.375 e. The predicted octanol–water partition coefficient (Wildman–Crippen LogP) is 2.56. The molecule has 0 aliphatic carbocycles. The molecule has 1 saturated heterocycles. The average Bonchev–Trinajstić information content (AvgIpc) is 3.23. The van der Waals surface area contributed by atoms with Crippen LogP contribution in [-0.2, 0) is 9.53 Å². The number of piperazine rings is 1. The number of carbonyl (C=O) groups excluding carboxylic acids is 2. The molecule has 1 fully saturated rings. The number of benzene rings is 1. The Hall–Kier alpha value is -3.20. The van der Waals surface area contributed by atoms with E-state index >= 15 is 0 Å². The summed E-state index contributed by atoms with van der Waals surface area (Å²) in [6, 6.07) is 8.82. The summed E-state index contributed by atoms with van der Waals surface area (Å²) in [6.07, 6.45) is -0.913. The molecule has 0 spiro atoms. The Morgan fingerprint density at radius 3 is 2.38 bits per heavy atom. The minimum absolute atomic E-state index is 0.0335. The molecular weight excluding hydrogens is 378 g/mol. The largest absolute Gasteiger partial charge is 0.449 e. The fourth-order valence-electron chi connectivity index (χ4n) is 3.16. The molecule has 1 aliphatic rings. The fraction of sp³-hybridized carbons (Fsp3) is 0.400. The second kappa shape index (κ2) is 8.87. The molecule has 1 amide bonds. The van der Waals surface area contributed by atoms with Crippen molar-refractivity contribution >= 4 is 17.6 Å². The van der Waals surface area contributed by atoms with Crippen LogP contribution in [0.25, 0.3) is 11.3 Å². The number of nitrogens with zero attached hydrogens (tertiary/aromatic N) is 3. The number of nitro groups is 1. The van der Waals surface area contributed by atoms with E-state index in [4.69, 9.17) is 9.15 Å². The van der Waals surface area contributed by atoms with E-state index in [-0.39, 0.29) is 17.4 Å². The summed E-state index contributed by atoms with van der Waals surface area (Å²) in [5.41, 5.74) is 0.555. The van der Waals surface area contributed by atoms with Gasteiger partial charge in [0.2, 0.25) is 5.76 Å². The maximum Gasteiger partial charge on any atom is 0.375 e. The lowest BCUT2D eigenvalue weighted by Gasteiger charge is -2.35. The first kappa shape index (κ1) is 20.5. The Labute approximate surface area is 168 Å². The van der Waals surface area contributed by atoms with Crippen molar-refractivity contribution in [2.24, 2.45) is 0 Å². The Kier molecular flexibility index (Phi) is 6.28. The minimum atomic E-state index is -0.913. The van der Waals surface area contributed by atoms with Crippen molar-refractivity contribution in [3.05, 3.63) is 52.3 Å². The van der Waals surface area contributed by atoms with E-state index in [0.29, 0.717) is 24.4 Å². The van der Waals surface area contributed by atoms with Gasteiger partial charge < -0.3 is 19.0 Å². The lowest BCUT2D eigenvalue weighted by atomic mass is 10.1. The van der Waals surface area contributed by atoms with Gasteiger partial charge in [0.05, 0.1) is 4.92 Å². The number of furan rings is 1. The zero-order valence-electron chi connectivity index (χ0n) is 16.4. The summed E-state index contributed by atoms with van der Waals surface area (Å²) in [4.78, 5) is 39.1. The molecule has 1 unspecified atom stereocenters. The van der Waals surface area contributed by atoms with Crippen molar-refractivity contribution in [3.8, 4) is 11.3 Å². The van der Waals surface area contributed by atoms with E-state index in [9.17, 15) is 19.7 Å². The standard InChI is InChI=1S/C20H23N3O6/c1-3-21-10-12-22(13-11-21)19(24)14(2)28-20(25)18-9-8-17(29-18)15-4-6-16(7-5-15)23(26)27/h4-9,14H,3,10-13H2,1-2H3. The highest BCUT2D eigenvalue weighted by molar-refractivity contribution is 5.90. The van der Waals surface area contributed by atoms with Gasteiger partial charge in [-0.05, 0) is 37.7 Å². The summed E-state index contributed by atoms with van der Waals surface area (Å²) in [6.45, 7) is 7.41. The van der Waals surface area contributed by atoms with Gasteiger partial charge in [-0.2, -0.15) is 0 Å². The van der Waals surface area contributed by atoms with Gasteiger partial charge in [-0.1, -0.05) is 6.92 Å². The summed E-state index contributed by atoms with van der Waals surface area (Å²) in [7, 11) is 0. The number of non-ortho nitro benzene ring substituents is 1. The molecule has 0 N–H and O–H groups in total. The van der Waals surface area contributed by atoms with E-state index < -0.39 is 17.0 Å². The van der Waals surface area contributed by atoms with Crippen LogP contribution in [0.2, 0.25) is 0 Å². The van der Waals surface area contributed by atoms with Crippen LogP contribution in [0.3, 0.4) is 0 Å². The zero-order chi connectivity index (χ0) is 21.0. The number of hydrogen-bond donors (Lipinski definition) is 0. The Morgan fingerprint density at radius 2 is 1.79 bits per heavy atom. The molecule has 1 atom stereocenters. The van der Waals surface area contributed by atoms with Crippen LogP contribution in [0, 0.1) is 10.1 Å². The second-order valence-corrected chi connectivity index (χ2v) is 6.77. The monoisotopic (exact) mass is 401 g/mol. The van der Waals surface area contributed by atoms with E-state index in [0.717, 1.165) is 19.6 Å². The molecule has 9 nitrogen and oxygen atoms in total. The molecular formula is C20H23N3O6. The predicted molar refractivity (Wildman–Crippen MR) is 104 cm³/mol. The third kappa shape index (κ3) is 4.80. The summed E-state index contributed by atoms with van der Waals surface area (Å²) < 4.78 is 10.8. The quantitative estimate of drug-likeness (QED) is 0.416. The molecule has 2 aromatic rings. The Bertz CT molecular complexity index is 884. The number of ether oxygens (including phenoxy) is 1. The molecule has 2 heterocycles. The van der Waals surface area contributed by atoms with Crippen molar-refractivity contribution in [1.29, 1.82) is 0 Å². The first-order valence-corrected chi connectivity index (χ1v) is 9.46. The fourth-order valence-corrected chi connectivity index (χ4v) is 3.16. The number of carbonyl (C=O) groups is 2. The second-order valence-electron chi connectivity index (χ2n) is 6.77. The molecule has 0 bridgehead atoms. The number of hydrogen-bond acceptors (Lipinski definition) is 7. The topological polar surface area (TPSA) is 106 Å². The minimum Gasteiger partial charge on any atom is -0.449 e. The van der Waals surface area contributed by atoms with Crippen LogP contribution in [0.15, 0.2) is 40.8 Å². The Morgan fingerprint density at radius 1 is 1.14 bits per heavy atom. The van der Waals surface area contributed by atoms with Crippen molar-refractivity contribution in [2.75, 3.05) is 32.7 Å². The average molecular weight is 401 g/mol. The SMILES string of the molecule is CCN1CCN(C(=O)C(C)OC(=O)c2ccc(-c3ccc([N+](=O)[O-])cc3)o2)CC1. The molecule has 3 rings (SSSR count). The molecule has 1 aromatic heterocycles. The van der Waals surface area contributed by atoms with Crippen molar-refractivity contribution in [1.82, 2.24) is 9.80 Å². The number of amides is 1. The van der Waals surface area contributed by atoms with Crippen LogP contribution in [0.4, 0.5) is 5.69 Å². The number of rotatable bonds is 6. The third-order valence-electron chi connectivity index (χ3n) is 4.93. The maximum atomic E-state index is 12.5. The van der Waals surface area contributed by atoms with Crippen LogP contribution < -0.4 is 0 Å². The van der Waals surface area contributed by atoms with Gasteiger partial charge in [0.15, 0.2) is 6.10 Å². The van der Waals surface area contributed by atoms with E-state index in [1.54, 1.807) is 17.9 Å². The van der Waals surface area contributed by atoms with Crippen LogP contribution in [0.5, 0.6) is 0 Å². The van der Waals surface area contributed by atoms with E-state index in [2.05, 4.69) is 11.8 Å². The first-order valence-electron chi connectivity index (χ1n) is 9.46. The number of likely N-dealkylation sites (N-methyl/N-ethyl adjacent to an activating group) is 1. The highest BCUT2D eigenvalue weighted by Crippen LogP contribution is 2.25. The van der Waals surface area contributed by atoms with Gasteiger partial charge in [-0.3, -0.25) is 14.9 Å². The number of esters is 1. The highest BCUT2D eigenvalue weighted by Gasteiger charge is 2.28. The Balaban J connectivity index is 1.59. The molecule has 0 radical (unpaired) electrons. The molecule has 9 heteroatoms. The van der Waals surface area contributed by atoms with E-state index in [1.807, 2.05) is 0 Å². The van der Waals surface area contributed by atoms with E-state index in [1.165, 1.54) is 30.3 Å². The van der Waals surface area contributed by atoms with Crippen LogP contribution in [0.1, 0.15) is 24.4 Å². The highest BCUT2D eigenvalue weighted by atomic mass is 16.6. The van der Waals surface area contributed by atoms with Crippen molar-refractivity contribution < 1.29 is 23.7 Å². The molecule has 1 aromatic carbocycles. The van der Waals surface area contributed by atoms with Crippen LogP contribution >= 0.6 is 0 Å².